The number of amides is 1. The summed E-state index contributed by atoms with van der Waals surface area (Å²) in [6.45, 7) is 2.34. The van der Waals surface area contributed by atoms with E-state index >= 15 is 0 Å². The molecule has 112 valence electrons. The molecule has 1 aromatic heterocycles. The number of carbonyl (C=O) groups excluding carboxylic acids is 1. The van der Waals surface area contributed by atoms with Crippen LogP contribution in [0.1, 0.15) is 24.2 Å². The molecule has 21 heavy (non-hydrogen) atoms. The minimum absolute atomic E-state index is 0.112. The van der Waals surface area contributed by atoms with Crippen LogP contribution in [-0.4, -0.2) is 28.0 Å². The summed E-state index contributed by atoms with van der Waals surface area (Å²) >= 11 is 0. The maximum atomic E-state index is 12.0. The van der Waals surface area contributed by atoms with Gasteiger partial charge in [0.15, 0.2) is 0 Å². The van der Waals surface area contributed by atoms with Crippen molar-refractivity contribution < 1.29 is 9.53 Å². The fourth-order valence-electron chi connectivity index (χ4n) is 1.94. The van der Waals surface area contributed by atoms with Gasteiger partial charge in [-0.2, -0.15) is 0 Å². The highest BCUT2D eigenvalue weighted by Gasteiger charge is 2.11. The molecule has 0 spiro atoms. The average molecular weight is 289 g/mol. The Morgan fingerprint density at radius 2 is 2.33 bits per heavy atom. The first-order valence-electron chi connectivity index (χ1n) is 6.64. The van der Waals surface area contributed by atoms with Crippen LogP contribution in [0.15, 0.2) is 30.5 Å². The number of nitrogens with two attached hydrogens (primary N) is 1. The number of nitrogens with one attached hydrogen (secondary N) is 1. The molecule has 3 N–H and O–H groups in total. The summed E-state index contributed by atoms with van der Waals surface area (Å²) in [5, 5.41) is 10.6. The topological polar surface area (TPSA) is 95.1 Å². The molecule has 1 heterocycles. The second kappa shape index (κ2) is 6.85. The number of aromatic nitrogens is 3. The van der Waals surface area contributed by atoms with Crippen molar-refractivity contribution in [2.75, 3.05) is 7.11 Å². The van der Waals surface area contributed by atoms with Crippen LogP contribution in [0.4, 0.5) is 0 Å². The summed E-state index contributed by atoms with van der Waals surface area (Å²) in [5.41, 5.74) is 7.08. The second-order valence-electron chi connectivity index (χ2n) is 4.68. The molecule has 0 fully saturated rings. The molecule has 0 aliphatic heterocycles. The molecule has 7 heteroatoms. The van der Waals surface area contributed by atoms with Crippen LogP contribution >= 0.6 is 0 Å². The van der Waals surface area contributed by atoms with Crippen LogP contribution in [-0.2, 0) is 17.9 Å². The highest BCUT2D eigenvalue weighted by molar-refractivity contribution is 5.76. The van der Waals surface area contributed by atoms with Crippen molar-refractivity contribution in [2.45, 2.75) is 26.1 Å². The number of ether oxygens (including phenoxy) is 1. The summed E-state index contributed by atoms with van der Waals surface area (Å²) in [4.78, 5) is 12.0. The quantitative estimate of drug-likeness (QED) is 0.813. The molecule has 1 amide bonds. The third kappa shape index (κ3) is 4.03. The summed E-state index contributed by atoms with van der Waals surface area (Å²) in [7, 11) is 1.61. The van der Waals surface area contributed by atoms with Crippen LogP contribution in [0.2, 0.25) is 0 Å². The van der Waals surface area contributed by atoms with Gasteiger partial charge in [0.2, 0.25) is 5.91 Å². The highest BCUT2D eigenvalue weighted by atomic mass is 16.5. The molecular formula is C14H19N5O2. The lowest BCUT2D eigenvalue weighted by atomic mass is 10.1. The van der Waals surface area contributed by atoms with Gasteiger partial charge in [-0.25, -0.2) is 4.68 Å². The third-order valence-electron chi connectivity index (χ3n) is 3.07. The van der Waals surface area contributed by atoms with Gasteiger partial charge in [0.05, 0.1) is 25.0 Å². The van der Waals surface area contributed by atoms with Gasteiger partial charge in [-0.15, -0.1) is 5.10 Å². The molecule has 0 saturated heterocycles. The van der Waals surface area contributed by atoms with E-state index in [1.807, 2.05) is 31.2 Å². The van der Waals surface area contributed by atoms with E-state index in [-0.39, 0.29) is 18.5 Å². The van der Waals surface area contributed by atoms with Crippen molar-refractivity contribution >= 4 is 5.91 Å². The maximum absolute atomic E-state index is 12.0. The minimum Gasteiger partial charge on any atom is -0.497 e. The van der Waals surface area contributed by atoms with E-state index in [2.05, 4.69) is 15.6 Å². The fourth-order valence-corrected chi connectivity index (χ4v) is 1.94. The van der Waals surface area contributed by atoms with E-state index < -0.39 is 0 Å². The average Bonchev–Trinajstić information content (AvgIpc) is 2.94. The molecule has 7 nitrogen and oxygen atoms in total. The van der Waals surface area contributed by atoms with Crippen molar-refractivity contribution in [3.8, 4) is 5.75 Å². The minimum atomic E-state index is -0.140. The van der Waals surface area contributed by atoms with Gasteiger partial charge in [0.25, 0.3) is 0 Å². The Balaban J connectivity index is 1.94. The van der Waals surface area contributed by atoms with Gasteiger partial charge in [-0.1, -0.05) is 17.3 Å². The van der Waals surface area contributed by atoms with Crippen LogP contribution < -0.4 is 15.8 Å². The second-order valence-corrected chi connectivity index (χ2v) is 4.68. The standard InChI is InChI=1S/C14H19N5O2/c1-10(11-4-3-5-13(6-11)21-2)16-14(20)9-19-8-12(7-15)17-18-19/h3-6,8,10H,7,9,15H2,1-2H3,(H,16,20)/t10-/m1/s1. The van der Waals surface area contributed by atoms with Gasteiger partial charge in [-0.3, -0.25) is 4.79 Å². The number of benzene rings is 1. The van der Waals surface area contributed by atoms with E-state index in [1.165, 1.54) is 4.68 Å². The largest absolute Gasteiger partial charge is 0.497 e. The SMILES string of the molecule is COc1cccc([C@@H](C)NC(=O)Cn2cc(CN)nn2)c1. The lowest BCUT2D eigenvalue weighted by molar-refractivity contribution is -0.122. The van der Waals surface area contributed by atoms with Gasteiger partial charge in [0, 0.05) is 6.54 Å². The van der Waals surface area contributed by atoms with Crippen LogP contribution in [0.25, 0.3) is 0 Å². The van der Waals surface area contributed by atoms with Crippen molar-refractivity contribution in [2.24, 2.45) is 5.73 Å². The Morgan fingerprint density at radius 3 is 3.00 bits per heavy atom. The monoisotopic (exact) mass is 289 g/mol. The molecule has 0 aliphatic rings. The fraction of sp³-hybridized carbons (Fsp3) is 0.357. The van der Waals surface area contributed by atoms with Crippen LogP contribution in [0.5, 0.6) is 5.75 Å². The van der Waals surface area contributed by atoms with Crippen molar-refractivity contribution in [1.82, 2.24) is 20.3 Å². The number of carbonyl (C=O) groups is 1. The number of hydrogen-bond acceptors (Lipinski definition) is 5. The zero-order chi connectivity index (χ0) is 15.2. The predicted molar refractivity (Wildman–Crippen MR) is 77.5 cm³/mol. The summed E-state index contributed by atoms with van der Waals surface area (Å²) in [6, 6.07) is 7.47. The maximum Gasteiger partial charge on any atom is 0.242 e. The van der Waals surface area contributed by atoms with Crippen molar-refractivity contribution in [3.63, 3.8) is 0 Å². The normalized spacial score (nSPS) is 12.0. The van der Waals surface area contributed by atoms with Crippen molar-refractivity contribution in [3.05, 3.63) is 41.7 Å². The van der Waals surface area contributed by atoms with Crippen molar-refractivity contribution in [1.29, 1.82) is 0 Å². The van der Waals surface area contributed by atoms with Gasteiger partial charge in [0.1, 0.15) is 12.3 Å². The Morgan fingerprint density at radius 1 is 1.52 bits per heavy atom. The Bertz CT molecular complexity index is 611. The zero-order valence-electron chi connectivity index (χ0n) is 12.1. The van der Waals surface area contributed by atoms with Crippen LogP contribution in [0, 0.1) is 0 Å². The van der Waals surface area contributed by atoms with Gasteiger partial charge >= 0.3 is 0 Å². The lowest BCUT2D eigenvalue weighted by Crippen LogP contribution is -2.30. The van der Waals surface area contributed by atoms with Gasteiger partial charge in [-0.05, 0) is 24.6 Å². The smallest absolute Gasteiger partial charge is 0.242 e. The molecule has 1 atom stereocenters. The van der Waals surface area contributed by atoms with E-state index in [1.54, 1.807) is 13.3 Å². The molecule has 0 aliphatic carbocycles. The molecule has 0 unspecified atom stereocenters. The van der Waals surface area contributed by atoms with Crippen LogP contribution in [0.3, 0.4) is 0 Å². The molecule has 2 rings (SSSR count). The predicted octanol–water partition coefficient (Wildman–Crippen LogP) is 0.623. The number of rotatable bonds is 6. The van der Waals surface area contributed by atoms with E-state index in [9.17, 15) is 4.79 Å². The number of nitrogens with zero attached hydrogens (tertiary/aromatic N) is 3. The highest BCUT2D eigenvalue weighted by Crippen LogP contribution is 2.18. The Hall–Kier alpha value is -2.41. The summed E-state index contributed by atoms with van der Waals surface area (Å²) < 4.78 is 6.64. The first-order chi connectivity index (χ1) is 10.1. The molecule has 0 radical (unpaired) electrons. The molecular weight excluding hydrogens is 270 g/mol. The first kappa shape index (κ1) is 15.0. The number of hydrogen-bond donors (Lipinski definition) is 2. The first-order valence-corrected chi connectivity index (χ1v) is 6.64. The third-order valence-corrected chi connectivity index (χ3v) is 3.07. The van der Waals surface area contributed by atoms with E-state index in [0.29, 0.717) is 12.2 Å². The Kier molecular flexibility index (Phi) is 4.89. The zero-order valence-corrected chi connectivity index (χ0v) is 12.1. The summed E-state index contributed by atoms with van der Waals surface area (Å²) in [6.07, 6.45) is 1.66. The number of methoxy groups -OCH3 is 1. The summed E-state index contributed by atoms with van der Waals surface area (Å²) in [5.74, 6) is 0.622. The van der Waals surface area contributed by atoms with Gasteiger partial charge < -0.3 is 15.8 Å². The molecule has 0 saturated carbocycles. The van der Waals surface area contributed by atoms with E-state index in [4.69, 9.17) is 10.5 Å². The Labute approximate surface area is 123 Å². The molecule has 1 aromatic carbocycles. The lowest BCUT2D eigenvalue weighted by Gasteiger charge is -2.15. The molecule has 2 aromatic rings. The molecule has 0 bridgehead atoms. The van der Waals surface area contributed by atoms with E-state index in [0.717, 1.165) is 11.3 Å².